The molecule has 0 spiro atoms. The van der Waals surface area contributed by atoms with Crippen molar-refractivity contribution < 1.29 is 9.59 Å². The lowest BCUT2D eigenvalue weighted by atomic mass is 9.82. The van der Waals surface area contributed by atoms with Gasteiger partial charge in [-0.3, -0.25) is 9.48 Å². The molecule has 4 N–H and O–H groups in total. The highest BCUT2D eigenvalue weighted by molar-refractivity contribution is 5.89. The summed E-state index contributed by atoms with van der Waals surface area (Å²) in [6, 6.07) is 9.32. The highest BCUT2D eigenvalue weighted by atomic mass is 16.2. The zero-order chi connectivity index (χ0) is 17.7. The van der Waals surface area contributed by atoms with Gasteiger partial charge in [0.15, 0.2) is 0 Å². The summed E-state index contributed by atoms with van der Waals surface area (Å²) in [5.74, 6) is -0.494. The zero-order valence-corrected chi connectivity index (χ0v) is 14.1. The van der Waals surface area contributed by atoms with Gasteiger partial charge in [0.2, 0.25) is 5.91 Å². The van der Waals surface area contributed by atoms with E-state index in [1.807, 2.05) is 30.3 Å². The van der Waals surface area contributed by atoms with E-state index in [2.05, 4.69) is 36.5 Å². The molecule has 7 nitrogen and oxygen atoms in total. The van der Waals surface area contributed by atoms with Crippen molar-refractivity contribution in [3.05, 3.63) is 48.3 Å². The number of hydrogen-bond acceptors (Lipinski definition) is 3. The summed E-state index contributed by atoms with van der Waals surface area (Å²) in [7, 11) is 0. The number of carbonyl (C=O) groups is 2. The standard InChI is InChI=1S/C17H23N5O2/c1-17(2,3)15(12-7-5-4-6-8-12)21-16(24)20-13-9-19-22(10-13)11-14(18)23/h4-10,15H,11H2,1-3H3,(H2,18,23)(H2,20,21,24)/t15-/m0/s1. The molecule has 0 aliphatic heterocycles. The summed E-state index contributed by atoms with van der Waals surface area (Å²) >= 11 is 0. The van der Waals surface area contributed by atoms with E-state index >= 15 is 0 Å². The lowest BCUT2D eigenvalue weighted by Gasteiger charge is -2.31. The molecule has 3 amide bonds. The van der Waals surface area contributed by atoms with Gasteiger partial charge in [-0.25, -0.2) is 4.79 Å². The Hall–Kier alpha value is -2.83. The molecule has 0 aliphatic carbocycles. The lowest BCUT2D eigenvalue weighted by molar-refractivity contribution is -0.118. The highest BCUT2D eigenvalue weighted by Gasteiger charge is 2.27. The highest BCUT2D eigenvalue weighted by Crippen LogP contribution is 2.32. The van der Waals surface area contributed by atoms with Gasteiger partial charge in [-0.1, -0.05) is 51.1 Å². The molecule has 128 valence electrons. The Balaban J connectivity index is 2.06. The van der Waals surface area contributed by atoms with E-state index in [1.165, 1.54) is 10.9 Å². The number of nitrogens with zero attached hydrogens (tertiary/aromatic N) is 2. The molecule has 1 aromatic heterocycles. The predicted octanol–water partition coefficient (Wildman–Crippen LogP) is 2.28. The number of urea groups is 1. The number of benzene rings is 1. The Kier molecular flexibility index (Phi) is 5.23. The molecule has 1 heterocycles. The van der Waals surface area contributed by atoms with Crippen LogP contribution >= 0.6 is 0 Å². The van der Waals surface area contributed by atoms with Gasteiger partial charge < -0.3 is 16.4 Å². The first-order chi connectivity index (χ1) is 11.3. The summed E-state index contributed by atoms with van der Waals surface area (Å²) in [6.45, 7) is 6.17. The van der Waals surface area contributed by atoms with Crippen LogP contribution in [0.5, 0.6) is 0 Å². The lowest BCUT2D eigenvalue weighted by Crippen LogP contribution is -2.39. The van der Waals surface area contributed by atoms with Crippen LogP contribution in [0.2, 0.25) is 0 Å². The van der Waals surface area contributed by atoms with Gasteiger partial charge in [-0.05, 0) is 11.0 Å². The quantitative estimate of drug-likeness (QED) is 0.784. The molecule has 0 aliphatic rings. The van der Waals surface area contributed by atoms with Crippen molar-refractivity contribution in [2.24, 2.45) is 11.1 Å². The van der Waals surface area contributed by atoms with E-state index in [0.717, 1.165) is 5.56 Å². The van der Waals surface area contributed by atoms with E-state index < -0.39 is 5.91 Å². The van der Waals surface area contributed by atoms with Crippen LogP contribution < -0.4 is 16.4 Å². The largest absolute Gasteiger partial charge is 0.368 e. The van der Waals surface area contributed by atoms with Crippen molar-refractivity contribution in [2.45, 2.75) is 33.4 Å². The summed E-state index contributed by atoms with van der Waals surface area (Å²) in [6.07, 6.45) is 3.02. The van der Waals surface area contributed by atoms with E-state index in [9.17, 15) is 9.59 Å². The fourth-order valence-electron chi connectivity index (χ4n) is 2.42. The average molecular weight is 329 g/mol. The molecule has 2 rings (SSSR count). The number of carbonyl (C=O) groups excluding carboxylic acids is 2. The number of hydrogen-bond donors (Lipinski definition) is 3. The number of aromatic nitrogens is 2. The second-order valence-electron chi connectivity index (χ2n) is 6.70. The van der Waals surface area contributed by atoms with Crippen molar-refractivity contribution in [3.63, 3.8) is 0 Å². The second kappa shape index (κ2) is 7.16. The van der Waals surface area contributed by atoms with Crippen LogP contribution in [-0.4, -0.2) is 21.7 Å². The van der Waals surface area contributed by atoms with Gasteiger partial charge in [0, 0.05) is 6.20 Å². The van der Waals surface area contributed by atoms with Gasteiger partial charge in [0.25, 0.3) is 0 Å². The third-order valence-electron chi connectivity index (χ3n) is 3.48. The summed E-state index contributed by atoms with van der Waals surface area (Å²) in [5, 5.41) is 9.68. The van der Waals surface area contributed by atoms with Gasteiger partial charge in [0.05, 0.1) is 17.9 Å². The molecule has 2 aromatic rings. The molecule has 24 heavy (non-hydrogen) atoms. The van der Waals surface area contributed by atoms with Crippen molar-refractivity contribution in [1.29, 1.82) is 0 Å². The van der Waals surface area contributed by atoms with Gasteiger partial charge in [0.1, 0.15) is 6.54 Å². The van der Waals surface area contributed by atoms with E-state index in [1.54, 1.807) is 6.20 Å². The predicted molar refractivity (Wildman–Crippen MR) is 92.2 cm³/mol. The van der Waals surface area contributed by atoms with Crippen molar-refractivity contribution >= 4 is 17.6 Å². The molecular weight excluding hydrogens is 306 g/mol. The Morgan fingerprint density at radius 1 is 1.25 bits per heavy atom. The second-order valence-corrected chi connectivity index (χ2v) is 6.70. The number of nitrogens with two attached hydrogens (primary N) is 1. The maximum absolute atomic E-state index is 12.3. The molecule has 0 fully saturated rings. The van der Waals surface area contributed by atoms with Crippen molar-refractivity contribution in [3.8, 4) is 0 Å². The van der Waals surface area contributed by atoms with Crippen LogP contribution in [0.1, 0.15) is 32.4 Å². The van der Waals surface area contributed by atoms with E-state index in [0.29, 0.717) is 5.69 Å². The molecule has 7 heteroatoms. The van der Waals surface area contributed by atoms with E-state index in [-0.39, 0.29) is 24.0 Å². The zero-order valence-electron chi connectivity index (χ0n) is 14.1. The molecule has 1 aromatic carbocycles. The number of amides is 3. The molecule has 0 bridgehead atoms. The number of primary amides is 1. The average Bonchev–Trinajstić information content (AvgIpc) is 2.90. The fraction of sp³-hybridized carbons (Fsp3) is 0.353. The van der Waals surface area contributed by atoms with Gasteiger partial charge >= 0.3 is 6.03 Å². The third-order valence-corrected chi connectivity index (χ3v) is 3.48. The van der Waals surface area contributed by atoms with Crippen LogP contribution in [0.25, 0.3) is 0 Å². The summed E-state index contributed by atoms with van der Waals surface area (Å²) in [5.41, 5.74) is 6.48. The topological polar surface area (TPSA) is 102 Å². The Bertz CT molecular complexity index is 703. The van der Waals surface area contributed by atoms with Gasteiger partial charge in [-0.15, -0.1) is 0 Å². The number of anilines is 1. The first kappa shape index (κ1) is 17.5. The molecular formula is C17H23N5O2. The molecule has 0 unspecified atom stereocenters. The first-order valence-corrected chi connectivity index (χ1v) is 7.69. The molecule has 0 saturated carbocycles. The SMILES string of the molecule is CC(C)(C)[C@@H](NC(=O)Nc1cnn(CC(N)=O)c1)c1ccccc1. The molecule has 1 atom stereocenters. The van der Waals surface area contributed by atoms with Crippen LogP contribution in [0.4, 0.5) is 10.5 Å². The normalized spacial score (nSPS) is 12.5. The minimum absolute atomic E-state index is 0.0298. The minimum Gasteiger partial charge on any atom is -0.368 e. The fourth-order valence-corrected chi connectivity index (χ4v) is 2.42. The monoisotopic (exact) mass is 329 g/mol. The summed E-state index contributed by atoms with van der Waals surface area (Å²) < 4.78 is 1.37. The number of nitrogens with one attached hydrogen (secondary N) is 2. The van der Waals surface area contributed by atoms with Crippen LogP contribution in [-0.2, 0) is 11.3 Å². The first-order valence-electron chi connectivity index (χ1n) is 7.69. The van der Waals surface area contributed by atoms with Crippen LogP contribution in [0.3, 0.4) is 0 Å². The molecule has 0 radical (unpaired) electrons. The van der Waals surface area contributed by atoms with Gasteiger partial charge in [-0.2, -0.15) is 5.10 Å². The Labute approximate surface area is 141 Å². The van der Waals surface area contributed by atoms with Crippen LogP contribution in [0, 0.1) is 5.41 Å². The smallest absolute Gasteiger partial charge is 0.319 e. The Morgan fingerprint density at radius 2 is 1.92 bits per heavy atom. The maximum Gasteiger partial charge on any atom is 0.319 e. The number of rotatable bonds is 5. The maximum atomic E-state index is 12.3. The van der Waals surface area contributed by atoms with Crippen molar-refractivity contribution in [2.75, 3.05) is 5.32 Å². The summed E-state index contributed by atoms with van der Waals surface area (Å²) in [4.78, 5) is 23.2. The van der Waals surface area contributed by atoms with Crippen molar-refractivity contribution in [1.82, 2.24) is 15.1 Å². The van der Waals surface area contributed by atoms with Crippen LogP contribution in [0.15, 0.2) is 42.7 Å². The minimum atomic E-state index is -0.494. The third kappa shape index (κ3) is 4.84. The molecule has 0 saturated heterocycles. The Morgan fingerprint density at radius 3 is 2.50 bits per heavy atom. The van der Waals surface area contributed by atoms with E-state index in [4.69, 9.17) is 5.73 Å².